The van der Waals surface area contributed by atoms with Gasteiger partial charge in [0.2, 0.25) is 5.88 Å². The minimum absolute atomic E-state index is 0.0201. The van der Waals surface area contributed by atoms with Crippen LogP contribution in [0.2, 0.25) is 0 Å². The van der Waals surface area contributed by atoms with Crippen LogP contribution in [0.25, 0.3) is 10.9 Å². The summed E-state index contributed by atoms with van der Waals surface area (Å²) in [5.74, 6) is 1.49. The van der Waals surface area contributed by atoms with Crippen LogP contribution in [0.5, 0.6) is 11.6 Å². The Balaban J connectivity index is 1.56. The quantitative estimate of drug-likeness (QED) is 0.409. The molecule has 0 bridgehead atoms. The highest BCUT2D eigenvalue weighted by atomic mass is 16.6. The van der Waals surface area contributed by atoms with Crippen LogP contribution in [0.3, 0.4) is 0 Å². The number of nitro groups is 1. The molecule has 0 saturated carbocycles. The number of hydrogen-bond donors (Lipinski definition) is 1. The Morgan fingerprint density at radius 1 is 1.00 bits per heavy atom. The van der Waals surface area contributed by atoms with Gasteiger partial charge in [-0.1, -0.05) is 0 Å². The first-order valence-corrected chi connectivity index (χ1v) is 8.31. The Labute approximate surface area is 159 Å². The second-order valence-corrected chi connectivity index (χ2v) is 5.93. The minimum Gasteiger partial charge on any atom is -0.438 e. The Bertz CT molecular complexity index is 1150. The highest BCUT2D eigenvalue weighted by Crippen LogP contribution is 2.28. The van der Waals surface area contributed by atoms with Crippen molar-refractivity contribution in [1.29, 1.82) is 0 Å². The van der Waals surface area contributed by atoms with Gasteiger partial charge in [0, 0.05) is 23.2 Å². The molecule has 0 radical (unpaired) electrons. The first kappa shape index (κ1) is 17.3. The number of non-ortho nitro benzene ring substituents is 1. The van der Waals surface area contributed by atoms with Gasteiger partial charge in [-0.3, -0.25) is 15.1 Å². The van der Waals surface area contributed by atoms with E-state index >= 15 is 0 Å². The number of aromatic nitrogens is 4. The summed E-state index contributed by atoms with van der Waals surface area (Å²) >= 11 is 0. The van der Waals surface area contributed by atoms with E-state index in [1.54, 1.807) is 30.6 Å². The van der Waals surface area contributed by atoms with Crippen LogP contribution in [0, 0.1) is 17.0 Å². The number of nitro benzene ring substituents is 1. The van der Waals surface area contributed by atoms with Crippen molar-refractivity contribution in [3.05, 3.63) is 77.0 Å². The van der Waals surface area contributed by atoms with Gasteiger partial charge in [0.15, 0.2) is 0 Å². The number of nitrogens with one attached hydrogen (secondary N) is 1. The van der Waals surface area contributed by atoms with Gasteiger partial charge in [-0.25, -0.2) is 15.0 Å². The lowest BCUT2D eigenvalue weighted by Gasteiger charge is -2.09. The second-order valence-electron chi connectivity index (χ2n) is 5.93. The molecule has 0 amide bonds. The topological polar surface area (TPSA) is 116 Å². The SMILES string of the molecule is Cc1cnc(Oc2ccc(Nc3ncnc4ccc([N+](=O)[O-])cc34)cc2)cn1. The zero-order valence-electron chi connectivity index (χ0n) is 14.7. The molecule has 4 rings (SSSR count). The fourth-order valence-corrected chi connectivity index (χ4v) is 2.56. The van der Waals surface area contributed by atoms with Gasteiger partial charge in [-0.2, -0.15) is 0 Å². The van der Waals surface area contributed by atoms with Crippen LogP contribution in [0.1, 0.15) is 5.69 Å². The van der Waals surface area contributed by atoms with Crippen LogP contribution >= 0.6 is 0 Å². The first-order valence-electron chi connectivity index (χ1n) is 8.31. The molecular formula is C19H14N6O3. The van der Waals surface area contributed by atoms with E-state index < -0.39 is 4.92 Å². The Morgan fingerprint density at radius 3 is 2.54 bits per heavy atom. The van der Waals surface area contributed by atoms with Crippen molar-refractivity contribution in [2.75, 3.05) is 5.32 Å². The highest BCUT2D eigenvalue weighted by Gasteiger charge is 2.11. The number of ether oxygens (including phenoxy) is 1. The predicted molar refractivity (Wildman–Crippen MR) is 103 cm³/mol. The summed E-state index contributed by atoms with van der Waals surface area (Å²) in [6, 6.07) is 11.6. The molecule has 0 aliphatic rings. The van der Waals surface area contributed by atoms with Crippen LogP contribution in [-0.2, 0) is 0 Å². The molecule has 0 spiro atoms. The number of nitrogens with zero attached hydrogens (tertiary/aromatic N) is 5. The monoisotopic (exact) mass is 374 g/mol. The van der Waals surface area contributed by atoms with Crippen molar-refractivity contribution >= 4 is 28.1 Å². The van der Waals surface area contributed by atoms with Crippen molar-refractivity contribution in [3.8, 4) is 11.6 Å². The second kappa shape index (κ2) is 7.23. The molecule has 2 aromatic carbocycles. The molecule has 9 nitrogen and oxygen atoms in total. The Morgan fingerprint density at radius 2 is 1.82 bits per heavy atom. The maximum Gasteiger partial charge on any atom is 0.270 e. The van der Waals surface area contributed by atoms with E-state index in [1.165, 1.54) is 18.5 Å². The number of anilines is 2. The van der Waals surface area contributed by atoms with Crippen molar-refractivity contribution < 1.29 is 9.66 Å². The summed E-state index contributed by atoms with van der Waals surface area (Å²) in [5, 5.41) is 14.8. The standard InChI is InChI=1S/C19H14N6O3/c1-12-9-21-18(10-20-12)28-15-5-2-13(3-6-15)24-19-16-8-14(25(26)27)4-7-17(16)22-11-23-19/h2-11H,1H3,(H,22,23,24). The molecule has 28 heavy (non-hydrogen) atoms. The van der Waals surface area contributed by atoms with Crippen molar-refractivity contribution in [1.82, 2.24) is 19.9 Å². The molecule has 4 aromatic rings. The fourth-order valence-electron chi connectivity index (χ4n) is 2.56. The molecule has 0 saturated heterocycles. The minimum atomic E-state index is -0.448. The van der Waals surface area contributed by atoms with E-state index in [1.807, 2.05) is 19.1 Å². The average molecular weight is 374 g/mol. The van der Waals surface area contributed by atoms with Crippen molar-refractivity contribution in [2.24, 2.45) is 0 Å². The Hall–Kier alpha value is -4.14. The summed E-state index contributed by atoms with van der Waals surface area (Å²) in [6.07, 6.45) is 4.59. The number of fused-ring (bicyclic) bond motifs is 1. The number of rotatable bonds is 5. The predicted octanol–water partition coefficient (Wildman–Crippen LogP) is 4.17. The van der Waals surface area contributed by atoms with E-state index in [0.29, 0.717) is 28.4 Å². The summed E-state index contributed by atoms with van der Waals surface area (Å²) in [4.78, 5) is 27.2. The zero-order chi connectivity index (χ0) is 19.5. The summed E-state index contributed by atoms with van der Waals surface area (Å²) in [6.45, 7) is 1.85. The largest absolute Gasteiger partial charge is 0.438 e. The molecule has 1 N–H and O–H groups in total. The normalized spacial score (nSPS) is 10.6. The molecule has 9 heteroatoms. The lowest BCUT2D eigenvalue weighted by molar-refractivity contribution is -0.384. The van der Waals surface area contributed by atoms with Crippen LogP contribution in [-0.4, -0.2) is 24.9 Å². The van der Waals surface area contributed by atoms with Gasteiger partial charge in [0.05, 0.1) is 28.5 Å². The number of hydrogen-bond acceptors (Lipinski definition) is 8. The van der Waals surface area contributed by atoms with E-state index in [9.17, 15) is 10.1 Å². The lowest BCUT2D eigenvalue weighted by atomic mass is 10.2. The molecule has 0 fully saturated rings. The van der Waals surface area contributed by atoms with Gasteiger partial charge in [0.25, 0.3) is 5.69 Å². The van der Waals surface area contributed by atoms with E-state index in [0.717, 1.165) is 11.4 Å². The fraction of sp³-hybridized carbons (Fsp3) is 0.0526. The van der Waals surface area contributed by atoms with Crippen LogP contribution < -0.4 is 10.1 Å². The molecule has 0 unspecified atom stereocenters. The maximum atomic E-state index is 11.0. The lowest BCUT2D eigenvalue weighted by Crippen LogP contribution is -1.97. The number of aryl methyl sites for hydroxylation is 1. The Kier molecular flexibility index (Phi) is 4.47. The summed E-state index contributed by atoms with van der Waals surface area (Å²) < 4.78 is 5.65. The van der Waals surface area contributed by atoms with Crippen molar-refractivity contribution in [2.45, 2.75) is 6.92 Å². The third-order valence-electron chi connectivity index (χ3n) is 3.93. The third-order valence-corrected chi connectivity index (χ3v) is 3.93. The molecule has 138 valence electrons. The van der Waals surface area contributed by atoms with E-state index in [2.05, 4.69) is 25.3 Å². The molecular weight excluding hydrogens is 360 g/mol. The smallest absolute Gasteiger partial charge is 0.270 e. The molecule has 2 aromatic heterocycles. The van der Waals surface area contributed by atoms with Crippen LogP contribution in [0.4, 0.5) is 17.2 Å². The average Bonchev–Trinajstić information content (AvgIpc) is 2.71. The molecule has 0 aliphatic heterocycles. The van der Waals surface area contributed by atoms with Gasteiger partial charge in [0.1, 0.15) is 17.9 Å². The number of benzene rings is 2. The molecule has 0 aliphatic carbocycles. The summed E-state index contributed by atoms with van der Waals surface area (Å²) in [5.41, 5.74) is 2.15. The van der Waals surface area contributed by atoms with E-state index in [-0.39, 0.29) is 5.69 Å². The third kappa shape index (κ3) is 3.68. The molecule has 0 atom stereocenters. The van der Waals surface area contributed by atoms with Gasteiger partial charge in [-0.15, -0.1) is 0 Å². The van der Waals surface area contributed by atoms with Crippen LogP contribution in [0.15, 0.2) is 61.2 Å². The van der Waals surface area contributed by atoms with Gasteiger partial charge >= 0.3 is 0 Å². The molecule has 2 heterocycles. The van der Waals surface area contributed by atoms with Gasteiger partial charge < -0.3 is 10.1 Å². The van der Waals surface area contributed by atoms with E-state index in [4.69, 9.17) is 4.74 Å². The summed E-state index contributed by atoms with van der Waals surface area (Å²) in [7, 11) is 0. The first-order chi connectivity index (χ1) is 13.6. The van der Waals surface area contributed by atoms with Crippen molar-refractivity contribution in [3.63, 3.8) is 0 Å². The van der Waals surface area contributed by atoms with Gasteiger partial charge in [-0.05, 0) is 37.3 Å². The highest BCUT2D eigenvalue weighted by molar-refractivity contribution is 5.92. The zero-order valence-corrected chi connectivity index (χ0v) is 14.7. The maximum absolute atomic E-state index is 11.0.